The minimum atomic E-state index is -0.966. The highest BCUT2D eigenvalue weighted by Gasteiger charge is 2.41. The molecule has 4 aliphatic heterocycles. The van der Waals surface area contributed by atoms with E-state index in [2.05, 4.69) is 81.9 Å². The summed E-state index contributed by atoms with van der Waals surface area (Å²) in [5.41, 5.74) is 13.6. The molecule has 4 aliphatic rings. The Hall–Kier alpha value is -11.5. The maximum atomic E-state index is 14.5. The number of aliphatic imine (C=N–C) groups is 1. The molecule has 0 aliphatic carbocycles. The number of rotatable bonds is 18. The number of carbonyl (C=O) groups excluding carboxylic acids is 11. The Morgan fingerprint density at radius 3 is 2.10 bits per heavy atom. The summed E-state index contributed by atoms with van der Waals surface area (Å²) in [6.07, 6.45) is 3.16. The van der Waals surface area contributed by atoms with Gasteiger partial charge in [0.05, 0.1) is 45.3 Å². The van der Waals surface area contributed by atoms with Gasteiger partial charge in [-0.15, -0.1) is 57.1 Å². The number of likely N-dealkylation sites (tertiary alicyclic amines) is 1. The van der Waals surface area contributed by atoms with Gasteiger partial charge < -0.3 is 68.0 Å². The van der Waals surface area contributed by atoms with Gasteiger partial charge in [-0.05, 0) is 95.2 Å². The van der Waals surface area contributed by atoms with Crippen LogP contribution in [0.2, 0.25) is 0 Å². The fraction of sp³-hybridized carbons (Fsp3) is 0.296. The molecule has 36 heteroatoms. The normalized spacial score (nSPS) is 19.0. The van der Waals surface area contributed by atoms with E-state index in [0.717, 1.165) is 34.6 Å². The topological polar surface area (TPSA) is 454 Å². The van der Waals surface area contributed by atoms with Crippen molar-refractivity contribution in [2.75, 3.05) is 18.8 Å². The van der Waals surface area contributed by atoms with E-state index < -0.39 is 83.5 Å². The fourth-order valence-electron chi connectivity index (χ4n) is 11.7. The Bertz CT molecular complexity index is 4890. The van der Waals surface area contributed by atoms with Crippen molar-refractivity contribution in [3.8, 4) is 27.9 Å². The summed E-state index contributed by atoms with van der Waals surface area (Å²) >= 11 is 6.67. The van der Waals surface area contributed by atoms with Crippen molar-refractivity contribution in [1.29, 1.82) is 0 Å². The summed E-state index contributed by atoms with van der Waals surface area (Å²) < 4.78 is 5.79. The lowest BCUT2D eigenvalue weighted by atomic mass is 10.0. The van der Waals surface area contributed by atoms with Gasteiger partial charge in [0, 0.05) is 70.2 Å². The minimum Gasteiger partial charge on any atom is -0.508 e. The first-order chi connectivity index (χ1) is 51.1. The Morgan fingerprint density at radius 2 is 1.38 bits per heavy atom. The molecular formula is C71H72N18O13S5. The summed E-state index contributed by atoms with van der Waals surface area (Å²) in [5.74, 6) is -6.05. The number of fused-ring (bicyclic) bond motifs is 7. The van der Waals surface area contributed by atoms with Gasteiger partial charge in [0.1, 0.15) is 73.5 Å². The van der Waals surface area contributed by atoms with Crippen LogP contribution in [0.5, 0.6) is 5.75 Å². The van der Waals surface area contributed by atoms with Gasteiger partial charge in [-0.25, -0.2) is 29.9 Å². The zero-order chi connectivity index (χ0) is 76.5. The highest BCUT2D eigenvalue weighted by atomic mass is 32.2. The number of hydrogen-bond donors (Lipinski definition) is 10. The molecule has 0 spiro atoms. The van der Waals surface area contributed by atoms with Crippen LogP contribution in [0.1, 0.15) is 130 Å². The molecule has 2 fully saturated rings. The van der Waals surface area contributed by atoms with E-state index in [9.17, 15) is 57.8 Å². The number of nitrogens with two attached hydrogens (primary N) is 2. The molecule has 31 nitrogen and oxygen atoms in total. The van der Waals surface area contributed by atoms with E-state index in [-0.39, 0.29) is 94.0 Å². The summed E-state index contributed by atoms with van der Waals surface area (Å²) in [4.78, 5) is 177. The van der Waals surface area contributed by atoms with E-state index in [1.807, 2.05) is 42.6 Å². The van der Waals surface area contributed by atoms with E-state index in [0.29, 0.717) is 86.4 Å². The number of aromatic nitrogens is 6. The predicted molar refractivity (Wildman–Crippen MR) is 399 cm³/mol. The standard InChI is InChI=1S/C39H38N8O5S4.C32H34N10O8S/c1-21-17-54-36(40-21)26-16-32-41-28(18-53-32)33(49)42-25(14-22-6-3-2-4-7-22)37-45-29(19-55-37)35(51)44-27(15-23-9-11-24(48)12-10-23)39(52)47-13-5-8-31(47)38-46-30(20-56-38)34(50)43-26;1-13-19(31-40-21(12-51-31)28(47)38-16(4)26(45)36-14(2)24(33)43)9-10-20(35-13)30-41-23(18(6)50-30)32(49)42-11-7-8-22(42)29(48)39-17(5)27(46)37-15(3)25(34)44/h2-4,6-7,9-12,17-18,20,25-27,29,31,48H,5,8,13-16,19H2,1H3,(H,42,49)(H,43,50)(H,44,51);9-10,12,14,22H,3-5,7-8,11H2,1-2,6H3,(H2,33,43)(H2,34,44)(H,36,45)(H,37,46)(H,38,47)(H,39,48). The number of aryl methyl sites for hydroxylation is 3. The van der Waals surface area contributed by atoms with Crippen LogP contribution in [0, 0.1) is 20.8 Å². The van der Waals surface area contributed by atoms with Gasteiger partial charge in [-0.3, -0.25) is 57.7 Å². The molecule has 12 rings (SSSR count). The van der Waals surface area contributed by atoms with Gasteiger partial charge in [0.25, 0.3) is 41.4 Å². The molecule has 12 N–H and O–H groups in total. The van der Waals surface area contributed by atoms with Crippen LogP contribution in [0.4, 0.5) is 0 Å². The van der Waals surface area contributed by atoms with E-state index in [1.165, 1.54) is 63.0 Å². The summed E-state index contributed by atoms with van der Waals surface area (Å²) in [6.45, 7) is 17.6. The highest BCUT2D eigenvalue weighted by molar-refractivity contribution is 8.14. The lowest BCUT2D eigenvalue weighted by Crippen LogP contribution is -2.51. The molecule has 11 amide bonds. The lowest BCUT2D eigenvalue weighted by molar-refractivity contribution is -0.137. The van der Waals surface area contributed by atoms with Gasteiger partial charge in [0.2, 0.25) is 29.5 Å². The second-order valence-electron chi connectivity index (χ2n) is 25.1. The average Bonchev–Trinajstić information content (AvgIpc) is 1.65. The number of aromatic hydroxyl groups is 1. The average molecular weight is 1550 g/mol. The number of hydrogen-bond acceptors (Lipinski definition) is 25. The number of amides is 11. The molecule has 107 heavy (non-hydrogen) atoms. The quantitative estimate of drug-likeness (QED) is 0.0499. The van der Waals surface area contributed by atoms with Crippen molar-refractivity contribution in [1.82, 2.24) is 76.9 Å². The van der Waals surface area contributed by atoms with Gasteiger partial charge >= 0.3 is 0 Å². The van der Waals surface area contributed by atoms with E-state index in [4.69, 9.17) is 25.9 Å². The number of benzene rings is 2. The Morgan fingerprint density at radius 1 is 0.692 bits per heavy atom. The number of nitrogens with zero attached hydrogens (tertiary/aromatic N) is 9. The Kier molecular flexibility index (Phi) is 24.2. The number of thiazole rings is 4. The third kappa shape index (κ3) is 18.6. The molecular weight excluding hydrogens is 1470 g/mol. The van der Waals surface area contributed by atoms with Crippen LogP contribution in [0.15, 0.2) is 134 Å². The number of pyridine rings is 1. The largest absolute Gasteiger partial charge is 0.508 e. The van der Waals surface area contributed by atoms with Crippen LogP contribution in [-0.4, -0.2) is 164 Å². The van der Waals surface area contributed by atoms with Crippen LogP contribution < -0.4 is 48.7 Å². The second-order valence-corrected chi connectivity index (χ2v) is 29.7. The molecule has 0 radical (unpaired) electrons. The summed E-state index contributed by atoms with van der Waals surface area (Å²) in [6, 6.07) is 14.6. The number of oxazole rings is 1. The van der Waals surface area contributed by atoms with Crippen LogP contribution in [0.3, 0.4) is 0 Å². The van der Waals surface area contributed by atoms with E-state index in [1.54, 1.807) is 65.9 Å². The van der Waals surface area contributed by atoms with Gasteiger partial charge in [0.15, 0.2) is 5.69 Å². The van der Waals surface area contributed by atoms with Gasteiger partial charge in [-0.2, -0.15) is 0 Å². The Labute approximate surface area is 631 Å². The fourth-order valence-corrected chi connectivity index (χ4v) is 16.3. The molecule has 7 atom stereocenters. The van der Waals surface area contributed by atoms with Crippen molar-refractivity contribution in [2.45, 2.75) is 115 Å². The molecule has 2 saturated heterocycles. The predicted octanol–water partition coefficient (Wildman–Crippen LogP) is 5.10. The Balaban J connectivity index is 0.000000214. The maximum absolute atomic E-state index is 14.5. The molecule has 0 saturated carbocycles. The molecule has 7 unspecified atom stereocenters. The summed E-state index contributed by atoms with van der Waals surface area (Å²) in [7, 11) is 0. The van der Waals surface area contributed by atoms with Gasteiger partial charge in [-0.1, -0.05) is 62.2 Å². The van der Waals surface area contributed by atoms with Crippen molar-refractivity contribution in [3.63, 3.8) is 0 Å². The highest BCUT2D eigenvalue weighted by Crippen LogP contribution is 2.36. The number of primary amides is 2. The first-order valence-electron chi connectivity index (χ1n) is 33.3. The first-order valence-corrected chi connectivity index (χ1v) is 37.8. The van der Waals surface area contributed by atoms with Crippen molar-refractivity contribution >= 4 is 127 Å². The number of nitrogens with one attached hydrogen (secondary N) is 7. The van der Waals surface area contributed by atoms with Crippen molar-refractivity contribution in [3.05, 3.63) is 191 Å². The number of thioether (sulfide) groups is 1. The maximum Gasteiger partial charge on any atom is 0.276 e. The minimum absolute atomic E-state index is 0.0114. The third-order valence-corrected chi connectivity index (χ3v) is 22.3. The monoisotopic (exact) mass is 1540 g/mol. The molecule has 554 valence electrons. The van der Waals surface area contributed by atoms with Crippen LogP contribution >= 0.6 is 57.1 Å². The smallest absolute Gasteiger partial charge is 0.276 e. The molecule has 10 heterocycles. The SMILES string of the molecule is C=C(NC(=O)C(=C)NC(=O)C1CCCN1C(=O)c1nc(-c2ccc(-c3nc(C(=O)NC(=C)C(=O)NC(C)C(N)=O)cs3)c(C)n2)oc1C)C(N)=O.Cc1csc(C2Cc3nc(cs3)C(=O)NC(Cc3ccccc3)C3=NC(CS3)C(=O)NC(Cc3ccc(O)cc3)C(=O)N3CCCC3c3nc(cs3)C(=O)N2)n1. The molecule has 2 aromatic carbocycles. The van der Waals surface area contributed by atoms with Crippen LogP contribution in [-0.2, 0) is 52.8 Å². The van der Waals surface area contributed by atoms with Crippen molar-refractivity contribution in [2.24, 2.45) is 16.5 Å². The number of phenols is 1. The third-order valence-electron chi connectivity index (χ3n) is 17.3. The van der Waals surface area contributed by atoms with Crippen molar-refractivity contribution < 1.29 is 62.3 Å². The summed E-state index contributed by atoms with van der Waals surface area (Å²) in [5, 5.41) is 38.2. The zero-order valence-corrected chi connectivity index (χ0v) is 62.0. The number of phenolic OH excluding ortho intramolecular Hbond substituents is 1. The first kappa shape index (κ1) is 76.7. The molecule has 6 aromatic heterocycles. The van der Waals surface area contributed by atoms with E-state index >= 15 is 0 Å². The molecule has 8 aromatic rings. The lowest BCUT2D eigenvalue weighted by Gasteiger charge is -2.29. The number of carbonyl (C=O) groups is 11. The second kappa shape index (κ2) is 33.8. The zero-order valence-electron chi connectivity index (χ0n) is 58.0. The van der Waals surface area contributed by atoms with Crippen LogP contribution in [0.25, 0.3) is 22.2 Å². The molecule has 6 bridgehead atoms.